The smallest absolute Gasteiger partial charge is 0.340 e. The monoisotopic (exact) mass is 390 g/mol. The standard InChI is InChI=1S/C19H22N2O5S/c1-13-9-14(2)11-15(10-13)20-18(22)12-21(27(4,24)25)17-8-6-5-7-16(17)19(23)26-3/h5-11H,12H2,1-4H3,(H,20,22). The SMILES string of the molecule is COC(=O)c1ccccc1N(CC(=O)Nc1cc(C)cc(C)c1)S(C)(=O)=O. The number of aryl methyl sites for hydroxylation is 2. The Bertz CT molecular complexity index is 950. The fourth-order valence-electron chi connectivity index (χ4n) is 2.73. The number of anilines is 2. The number of ether oxygens (including phenoxy) is 1. The molecule has 1 amide bonds. The van der Waals surface area contributed by atoms with E-state index >= 15 is 0 Å². The maximum absolute atomic E-state index is 12.5. The van der Waals surface area contributed by atoms with Gasteiger partial charge in [-0.15, -0.1) is 0 Å². The summed E-state index contributed by atoms with van der Waals surface area (Å²) in [4.78, 5) is 24.5. The zero-order valence-corrected chi connectivity index (χ0v) is 16.5. The van der Waals surface area contributed by atoms with E-state index in [1.165, 1.54) is 19.2 Å². The van der Waals surface area contributed by atoms with Gasteiger partial charge in [0.05, 0.1) is 24.6 Å². The number of para-hydroxylation sites is 1. The second kappa shape index (κ2) is 8.22. The molecule has 0 atom stereocenters. The second-order valence-corrected chi connectivity index (χ2v) is 8.11. The highest BCUT2D eigenvalue weighted by Crippen LogP contribution is 2.24. The number of hydrogen-bond donors (Lipinski definition) is 1. The number of amides is 1. The zero-order chi connectivity index (χ0) is 20.2. The van der Waals surface area contributed by atoms with E-state index in [4.69, 9.17) is 4.74 Å². The van der Waals surface area contributed by atoms with Gasteiger partial charge in [-0.05, 0) is 49.2 Å². The number of nitrogens with zero attached hydrogens (tertiary/aromatic N) is 1. The molecule has 2 aromatic rings. The molecule has 0 aromatic heterocycles. The Labute approximate surface area is 159 Å². The average molecular weight is 390 g/mol. The Hall–Kier alpha value is -2.87. The van der Waals surface area contributed by atoms with Crippen molar-refractivity contribution >= 4 is 33.3 Å². The van der Waals surface area contributed by atoms with Crippen LogP contribution >= 0.6 is 0 Å². The van der Waals surface area contributed by atoms with Crippen LogP contribution in [0.1, 0.15) is 21.5 Å². The first-order valence-corrected chi connectivity index (χ1v) is 10.00. The lowest BCUT2D eigenvalue weighted by Crippen LogP contribution is -2.38. The Morgan fingerprint density at radius 2 is 1.67 bits per heavy atom. The maximum Gasteiger partial charge on any atom is 0.340 e. The van der Waals surface area contributed by atoms with Crippen LogP contribution in [0.15, 0.2) is 42.5 Å². The molecular formula is C19H22N2O5S. The molecule has 0 bridgehead atoms. The van der Waals surface area contributed by atoms with Gasteiger partial charge in [-0.3, -0.25) is 9.10 Å². The first-order valence-electron chi connectivity index (χ1n) is 8.15. The molecule has 0 radical (unpaired) electrons. The van der Waals surface area contributed by atoms with E-state index in [0.717, 1.165) is 21.7 Å². The van der Waals surface area contributed by atoms with Crippen LogP contribution in [0.5, 0.6) is 0 Å². The Morgan fingerprint density at radius 1 is 1.07 bits per heavy atom. The van der Waals surface area contributed by atoms with Crippen LogP contribution in [0.3, 0.4) is 0 Å². The maximum atomic E-state index is 12.5. The van der Waals surface area contributed by atoms with Crippen LogP contribution < -0.4 is 9.62 Å². The van der Waals surface area contributed by atoms with Crippen molar-refractivity contribution in [2.75, 3.05) is 29.5 Å². The highest BCUT2D eigenvalue weighted by molar-refractivity contribution is 7.92. The summed E-state index contributed by atoms with van der Waals surface area (Å²) in [6.07, 6.45) is 0.977. The molecule has 0 aliphatic heterocycles. The third kappa shape index (κ3) is 5.30. The van der Waals surface area contributed by atoms with Crippen molar-refractivity contribution in [3.05, 3.63) is 59.2 Å². The molecule has 0 unspecified atom stereocenters. The van der Waals surface area contributed by atoms with Gasteiger partial charge >= 0.3 is 5.97 Å². The molecule has 7 nitrogen and oxygen atoms in total. The fraction of sp³-hybridized carbons (Fsp3) is 0.263. The van der Waals surface area contributed by atoms with Gasteiger partial charge < -0.3 is 10.1 Å². The van der Waals surface area contributed by atoms with E-state index in [9.17, 15) is 18.0 Å². The minimum Gasteiger partial charge on any atom is -0.465 e. The van der Waals surface area contributed by atoms with Crippen molar-refractivity contribution in [1.82, 2.24) is 0 Å². The Balaban J connectivity index is 2.34. The molecule has 2 aromatic carbocycles. The Kier molecular flexibility index (Phi) is 6.22. The van der Waals surface area contributed by atoms with Gasteiger partial charge in [0.25, 0.3) is 0 Å². The first-order chi connectivity index (χ1) is 12.6. The van der Waals surface area contributed by atoms with Crippen molar-refractivity contribution < 1.29 is 22.7 Å². The second-order valence-electron chi connectivity index (χ2n) is 6.20. The van der Waals surface area contributed by atoms with Crippen LogP contribution in [-0.2, 0) is 19.6 Å². The van der Waals surface area contributed by atoms with Gasteiger partial charge in [-0.25, -0.2) is 13.2 Å². The summed E-state index contributed by atoms with van der Waals surface area (Å²) in [5, 5.41) is 2.70. The first kappa shape index (κ1) is 20.4. The van der Waals surface area contributed by atoms with E-state index in [-0.39, 0.29) is 11.3 Å². The summed E-state index contributed by atoms with van der Waals surface area (Å²) in [6, 6.07) is 11.6. The lowest BCUT2D eigenvalue weighted by molar-refractivity contribution is -0.114. The van der Waals surface area contributed by atoms with Crippen LogP contribution in [0.2, 0.25) is 0 Å². The average Bonchev–Trinajstić information content (AvgIpc) is 2.57. The van der Waals surface area contributed by atoms with Gasteiger partial charge in [0, 0.05) is 5.69 Å². The predicted octanol–water partition coefficient (Wildman–Crippen LogP) is 2.49. The topological polar surface area (TPSA) is 92.8 Å². The van der Waals surface area contributed by atoms with Crippen molar-refractivity contribution in [1.29, 1.82) is 0 Å². The number of methoxy groups -OCH3 is 1. The molecule has 0 heterocycles. The van der Waals surface area contributed by atoms with E-state index in [2.05, 4.69) is 5.32 Å². The molecule has 27 heavy (non-hydrogen) atoms. The predicted molar refractivity (Wildman–Crippen MR) is 105 cm³/mol. The van der Waals surface area contributed by atoms with E-state index in [0.29, 0.717) is 5.69 Å². The highest BCUT2D eigenvalue weighted by Gasteiger charge is 2.25. The molecule has 8 heteroatoms. The van der Waals surface area contributed by atoms with E-state index in [1.807, 2.05) is 19.9 Å². The van der Waals surface area contributed by atoms with Crippen LogP contribution in [0.4, 0.5) is 11.4 Å². The van der Waals surface area contributed by atoms with Crippen LogP contribution in [0, 0.1) is 13.8 Å². The number of nitrogens with one attached hydrogen (secondary N) is 1. The van der Waals surface area contributed by atoms with E-state index < -0.39 is 28.4 Å². The quantitative estimate of drug-likeness (QED) is 0.765. The number of esters is 1. The van der Waals surface area contributed by atoms with Gasteiger partial charge in [0.2, 0.25) is 15.9 Å². The summed E-state index contributed by atoms with van der Waals surface area (Å²) in [6.45, 7) is 3.33. The lowest BCUT2D eigenvalue weighted by atomic mass is 10.1. The number of benzene rings is 2. The summed E-state index contributed by atoms with van der Waals surface area (Å²) >= 11 is 0. The number of hydrogen-bond acceptors (Lipinski definition) is 5. The Morgan fingerprint density at radius 3 is 2.22 bits per heavy atom. The largest absolute Gasteiger partial charge is 0.465 e. The normalized spacial score (nSPS) is 11.0. The van der Waals surface area contributed by atoms with E-state index in [1.54, 1.807) is 24.3 Å². The summed E-state index contributed by atoms with van der Waals surface area (Å²) in [5.74, 6) is -1.21. The minimum atomic E-state index is -3.82. The highest BCUT2D eigenvalue weighted by atomic mass is 32.2. The van der Waals surface area contributed by atoms with Gasteiger partial charge in [0.15, 0.2) is 0 Å². The van der Waals surface area contributed by atoms with Crippen molar-refractivity contribution in [2.24, 2.45) is 0 Å². The minimum absolute atomic E-state index is 0.0598. The molecule has 0 spiro atoms. The lowest BCUT2D eigenvalue weighted by Gasteiger charge is -2.23. The molecule has 0 aliphatic carbocycles. The van der Waals surface area contributed by atoms with Crippen LogP contribution in [-0.4, -0.2) is 40.2 Å². The molecule has 144 valence electrons. The summed E-state index contributed by atoms with van der Waals surface area (Å²) in [7, 11) is -2.62. The molecule has 1 N–H and O–H groups in total. The van der Waals surface area contributed by atoms with Gasteiger partial charge in [-0.1, -0.05) is 18.2 Å². The number of sulfonamides is 1. The molecule has 2 rings (SSSR count). The van der Waals surface area contributed by atoms with Crippen LogP contribution in [0.25, 0.3) is 0 Å². The molecule has 0 aliphatic rings. The number of carbonyl (C=O) groups is 2. The van der Waals surface area contributed by atoms with Crippen molar-refractivity contribution in [3.8, 4) is 0 Å². The third-order valence-electron chi connectivity index (χ3n) is 3.77. The summed E-state index contributed by atoms with van der Waals surface area (Å²) < 4.78 is 30.2. The molecule has 0 saturated carbocycles. The fourth-order valence-corrected chi connectivity index (χ4v) is 3.60. The van der Waals surface area contributed by atoms with Gasteiger partial charge in [-0.2, -0.15) is 0 Å². The third-order valence-corrected chi connectivity index (χ3v) is 4.90. The molecule has 0 fully saturated rings. The van der Waals surface area contributed by atoms with Crippen molar-refractivity contribution in [3.63, 3.8) is 0 Å². The number of carbonyl (C=O) groups excluding carboxylic acids is 2. The zero-order valence-electron chi connectivity index (χ0n) is 15.6. The van der Waals surface area contributed by atoms with Gasteiger partial charge in [0.1, 0.15) is 6.54 Å². The summed E-state index contributed by atoms with van der Waals surface area (Å²) in [5.41, 5.74) is 2.67. The molecular weight excluding hydrogens is 368 g/mol. The number of rotatable bonds is 6. The van der Waals surface area contributed by atoms with Crippen molar-refractivity contribution in [2.45, 2.75) is 13.8 Å². The molecule has 0 saturated heterocycles.